The van der Waals surface area contributed by atoms with Gasteiger partial charge in [-0.2, -0.15) is 0 Å². The fourth-order valence-corrected chi connectivity index (χ4v) is 2.71. The van der Waals surface area contributed by atoms with Gasteiger partial charge in [0, 0.05) is 17.9 Å². The lowest BCUT2D eigenvalue weighted by atomic mass is 10.1. The van der Waals surface area contributed by atoms with Crippen molar-refractivity contribution in [2.45, 2.75) is 13.3 Å². The van der Waals surface area contributed by atoms with E-state index in [-0.39, 0.29) is 23.4 Å². The Bertz CT molecular complexity index is 961. The molecule has 0 spiro atoms. The lowest BCUT2D eigenvalue weighted by Crippen LogP contribution is -2.27. The summed E-state index contributed by atoms with van der Waals surface area (Å²) >= 11 is 0. The Kier molecular flexibility index (Phi) is 6.16. The van der Waals surface area contributed by atoms with E-state index < -0.39 is 0 Å². The second-order valence-corrected chi connectivity index (χ2v) is 6.17. The molecular formula is C21H21FN4O2. The maximum absolute atomic E-state index is 13.0. The van der Waals surface area contributed by atoms with Crippen molar-refractivity contribution in [2.75, 3.05) is 19.0 Å². The lowest BCUT2D eigenvalue weighted by molar-refractivity contribution is 0.0949. The second kappa shape index (κ2) is 8.94. The number of nitrogens with one attached hydrogen (secondary N) is 2. The molecule has 28 heavy (non-hydrogen) atoms. The van der Waals surface area contributed by atoms with Gasteiger partial charge >= 0.3 is 0 Å². The number of aryl methyl sites for hydroxylation is 1. The molecule has 1 aromatic heterocycles. The smallest absolute Gasteiger partial charge is 0.270 e. The van der Waals surface area contributed by atoms with Crippen LogP contribution >= 0.6 is 0 Å². The first-order chi connectivity index (χ1) is 13.5. The number of halogens is 1. The number of anilines is 2. The number of aromatic nitrogens is 2. The minimum absolute atomic E-state index is 0.261. The average Bonchev–Trinajstić information content (AvgIpc) is 2.69. The molecule has 1 amide bonds. The van der Waals surface area contributed by atoms with E-state index in [0.29, 0.717) is 24.3 Å². The van der Waals surface area contributed by atoms with Crippen molar-refractivity contribution in [3.8, 4) is 5.75 Å². The molecule has 0 atom stereocenters. The van der Waals surface area contributed by atoms with Gasteiger partial charge in [-0.05, 0) is 55.3 Å². The van der Waals surface area contributed by atoms with E-state index in [9.17, 15) is 9.18 Å². The predicted molar refractivity (Wildman–Crippen MR) is 105 cm³/mol. The standard InChI is InChI=1S/C21H21FN4O2/c1-14-13-18(26-21(24-14)25-17-9-7-16(22)8-10-17)20(27)23-12-11-15-5-3-4-6-19(15)28-2/h3-10,13H,11-12H2,1-2H3,(H,23,27)(H,24,25,26). The van der Waals surface area contributed by atoms with Gasteiger partial charge in [0.15, 0.2) is 0 Å². The van der Waals surface area contributed by atoms with E-state index in [0.717, 1.165) is 11.3 Å². The topological polar surface area (TPSA) is 76.1 Å². The van der Waals surface area contributed by atoms with Gasteiger partial charge in [0.2, 0.25) is 5.95 Å². The van der Waals surface area contributed by atoms with Gasteiger partial charge in [-0.3, -0.25) is 4.79 Å². The van der Waals surface area contributed by atoms with E-state index in [2.05, 4.69) is 20.6 Å². The highest BCUT2D eigenvalue weighted by Crippen LogP contribution is 2.17. The maximum Gasteiger partial charge on any atom is 0.270 e. The van der Waals surface area contributed by atoms with Crippen molar-refractivity contribution in [3.63, 3.8) is 0 Å². The van der Waals surface area contributed by atoms with Crippen LogP contribution in [-0.2, 0) is 6.42 Å². The van der Waals surface area contributed by atoms with Crippen molar-refractivity contribution >= 4 is 17.5 Å². The molecule has 0 saturated heterocycles. The Morgan fingerprint density at radius 3 is 2.61 bits per heavy atom. The Morgan fingerprint density at radius 1 is 1.11 bits per heavy atom. The third kappa shape index (κ3) is 5.03. The monoisotopic (exact) mass is 380 g/mol. The molecule has 1 heterocycles. The summed E-state index contributed by atoms with van der Waals surface area (Å²) in [6, 6.07) is 15.1. The van der Waals surface area contributed by atoms with Gasteiger partial charge < -0.3 is 15.4 Å². The molecule has 6 nitrogen and oxygen atoms in total. The molecule has 0 fully saturated rings. The second-order valence-electron chi connectivity index (χ2n) is 6.17. The number of methoxy groups -OCH3 is 1. The molecule has 0 aliphatic rings. The number of para-hydroxylation sites is 1. The third-order valence-electron chi connectivity index (χ3n) is 4.06. The first kappa shape index (κ1) is 19.3. The SMILES string of the molecule is COc1ccccc1CCNC(=O)c1cc(C)nc(Nc2ccc(F)cc2)n1. The summed E-state index contributed by atoms with van der Waals surface area (Å²) in [6.45, 7) is 2.23. The number of ether oxygens (including phenoxy) is 1. The highest BCUT2D eigenvalue weighted by molar-refractivity contribution is 5.92. The van der Waals surface area contributed by atoms with Crippen LogP contribution in [0.25, 0.3) is 0 Å². The zero-order valence-electron chi connectivity index (χ0n) is 15.7. The van der Waals surface area contributed by atoms with Crippen molar-refractivity contribution in [3.05, 3.63) is 77.4 Å². The van der Waals surface area contributed by atoms with Gasteiger partial charge in [0.25, 0.3) is 5.91 Å². The number of hydrogen-bond donors (Lipinski definition) is 2. The normalized spacial score (nSPS) is 10.4. The largest absolute Gasteiger partial charge is 0.496 e. The highest BCUT2D eigenvalue weighted by Gasteiger charge is 2.11. The van der Waals surface area contributed by atoms with Crippen molar-refractivity contribution < 1.29 is 13.9 Å². The quantitative estimate of drug-likeness (QED) is 0.654. The summed E-state index contributed by atoms with van der Waals surface area (Å²) in [5, 5.41) is 5.84. The van der Waals surface area contributed by atoms with Crippen molar-refractivity contribution in [2.24, 2.45) is 0 Å². The van der Waals surface area contributed by atoms with Crippen LogP contribution in [0.15, 0.2) is 54.6 Å². The zero-order valence-corrected chi connectivity index (χ0v) is 15.7. The molecular weight excluding hydrogens is 359 g/mol. The van der Waals surface area contributed by atoms with Gasteiger partial charge in [-0.15, -0.1) is 0 Å². The number of amides is 1. The fourth-order valence-electron chi connectivity index (χ4n) is 2.71. The molecule has 2 N–H and O–H groups in total. The Hall–Kier alpha value is -3.48. The lowest BCUT2D eigenvalue weighted by Gasteiger charge is -2.10. The molecule has 0 radical (unpaired) electrons. The van der Waals surface area contributed by atoms with Gasteiger partial charge in [-0.25, -0.2) is 14.4 Å². The first-order valence-electron chi connectivity index (χ1n) is 8.83. The molecule has 0 aliphatic heterocycles. The summed E-state index contributed by atoms with van der Waals surface area (Å²) in [7, 11) is 1.62. The van der Waals surface area contributed by atoms with E-state index in [4.69, 9.17) is 4.74 Å². The zero-order chi connectivity index (χ0) is 19.9. The fraction of sp³-hybridized carbons (Fsp3) is 0.190. The first-order valence-corrected chi connectivity index (χ1v) is 8.83. The number of carbonyl (C=O) groups excluding carboxylic acids is 1. The molecule has 0 saturated carbocycles. The summed E-state index contributed by atoms with van der Waals surface area (Å²) in [5.74, 6) is 0.454. The van der Waals surface area contributed by atoms with Crippen LogP contribution in [-0.4, -0.2) is 29.5 Å². The average molecular weight is 380 g/mol. The molecule has 0 bridgehead atoms. The van der Waals surface area contributed by atoms with Crippen molar-refractivity contribution in [1.29, 1.82) is 0 Å². The molecule has 0 aliphatic carbocycles. The van der Waals surface area contributed by atoms with Crippen LogP contribution in [0, 0.1) is 12.7 Å². The number of carbonyl (C=O) groups is 1. The molecule has 2 aromatic carbocycles. The van der Waals surface area contributed by atoms with Gasteiger partial charge in [0.05, 0.1) is 7.11 Å². The number of rotatable bonds is 7. The molecule has 7 heteroatoms. The summed E-state index contributed by atoms with van der Waals surface area (Å²) < 4.78 is 18.3. The summed E-state index contributed by atoms with van der Waals surface area (Å²) in [4.78, 5) is 21.0. The van der Waals surface area contributed by atoms with Gasteiger partial charge in [0.1, 0.15) is 17.3 Å². The predicted octanol–water partition coefficient (Wildman–Crippen LogP) is 3.65. The van der Waals surface area contributed by atoms with Crippen LogP contribution in [0.3, 0.4) is 0 Å². The maximum atomic E-state index is 13.0. The van der Waals surface area contributed by atoms with E-state index in [1.165, 1.54) is 12.1 Å². The third-order valence-corrected chi connectivity index (χ3v) is 4.06. The highest BCUT2D eigenvalue weighted by atomic mass is 19.1. The molecule has 3 aromatic rings. The minimum Gasteiger partial charge on any atom is -0.496 e. The van der Waals surface area contributed by atoms with Crippen LogP contribution in [0.2, 0.25) is 0 Å². The van der Waals surface area contributed by atoms with Crippen molar-refractivity contribution in [1.82, 2.24) is 15.3 Å². The van der Waals surface area contributed by atoms with Crippen LogP contribution in [0.5, 0.6) is 5.75 Å². The van der Waals surface area contributed by atoms with Crippen LogP contribution < -0.4 is 15.4 Å². The molecule has 0 unspecified atom stereocenters. The van der Waals surface area contributed by atoms with E-state index in [1.54, 1.807) is 32.2 Å². The number of hydrogen-bond acceptors (Lipinski definition) is 5. The summed E-state index contributed by atoms with van der Waals surface area (Å²) in [5.41, 5.74) is 2.56. The molecule has 144 valence electrons. The Labute approximate surface area is 162 Å². The Balaban J connectivity index is 1.64. The summed E-state index contributed by atoms with van der Waals surface area (Å²) in [6.07, 6.45) is 0.639. The number of benzene rings is 2. The van der Waals surface area contributed by atoms with Gasteiger partial charge in [-0.1, -0.05) is 18.2 Å². The number of nitrogens with zero attached hydrogens (tertiary/aromatic N) is 2. The van der Waals surface area contributed by atoms with Crippen LogP contribution in [0.1, 0.15) is 21.7 Å². The van der Waals surface area contributed by atoms with Crippen LogP contribution in [0.4, 0.5) is 16.0 Å². The van der Waals surface area contributed by atoms with E-state index >= 15 is 0 Å². The Morgan fingerprint density at radius 2 is 1.86 bits per heavy atom. The van der Waals surface area contributed by atoms with E-state index in [1.807, 2.05) is 24.3 Å². The minimum atomic E-state index is -0.328. The molecule has 3 rings (SSSR count).